The lowest BCUT2D eigenvalue weighted by molar-refractivity contribution is 0.668. The summed E-state index contributed by atoms with van der Waals surface area (Å²) in [5, 5.41) is 18.0. The predicted octanol–water partition coefficient (Wildman–Crippen LogP) is 45.8. The van der Waals surface area contributed by atoms with Gasteiger partial charge in [-0.3, -0.25) is 0 Å². The minimum Gasteiger partial charge on any atom is -0.456 e. The highest BCUT2D eigenvalue weighted by Gasteiger charge is 2.17. The molecule has 0 amide bonds. The van der Waals surface area contributed by atoms with Crippen LogP contribution in [0.3, 0.4) is 0 Å². The first-order valence-corrected chi connectivity index (χ1v) is 55.0. The summed E-state index contributed by atoms with van der Waals surface area (Å²) in [4.78, 5) is 0. The summed E-state index contributed by atoms with van der Waals surface area (Å²) >= 11 is 7.49. The van der Waals surface area contributed by atoms with Crippen molar-refractivity contribution in [3.63, 3.8) is 0 Å². The highest BCUT2D eigenvalue weighted by Crippen LogP contribution is 2.45. The van der Waals surface area contributed by atoms with Crippen LogP contribution >= 0.6 is 45.3 Å². The zero-order valence-electron chi connectivity index (χ0n) is 86.4. The van der Waals surface area contributed by atoms with Gasteiger partial charge in [0.15, 0.2) is 0 Å². The number of rotatable bonds is 7. The number of furan rings is 3. The zero-order chi connectivity index (χ0) is 103. The van der Waals surface area contributed by atoms with Crippen molar-refractivity contribution in [3.05, 3.63) is 510 Å². The quantitative estimate of drug-likeness (QED) is 0.160. The van der Waals surface area contributed by atoms with Crippen LogP contribution in [0.5, 0.6) is 0 Å². The molecule has 7 aromatic heterocycles. The molecular weight excluding hydrogens is 1860 g/mol. The first-order valence-electron chi connectivity index (χ1n) is 51.7. The fraction of sp³-hybridized carbons (Fsp3) is 0.100. The third kappa shape index (κ3) is 24.4. The van der Waals surface area contributed by atoms with E-state index < -0.39 is 0 Å². The fourth-order valence-electron chi connectivity index (χ4n) is 18.0. The van der Waals surface area contributed by atoms with E-state index in [2.05, 4.69) is 437 Å². The molecule has 0 fully saturated rings. The maximum absolute atomic E-state index is 6.04. The zero-order valence-corrected chi connectivity index (χ0v) is 89.6. The standard InChI is InChI=1S/3C18H12O.4C18H12S.7C2H6/c1-2-7-13(8-3-1)14-10-6-11-16-15-9-4-5-12-17(15)19-18(14)16;1-2-6-13(7-3-1)14-10-11-18-16(12-14)15-8-4-5-9-17(15)19-18;1-2-6-13(7-3-1)14-10-11-16-15-8-4-5-9-17(15)19-18(16)12-14;1-2-7-13(8-3-1)14-10-6-11-16-15-9-4-5-12-17(15)19-18(14)16;1-2-7-13(8-3-1)14-10-6-12-17-18(14)15-9-4-5-11-16(15)19-17;1-2-6-13(7-3-1)14-10-11-18-16(12-14)15-8-4-5-9-17(15)19-18;1-2-6-13(7-3-1)14-10-11-16-15-8-4-5-9-17(15)19-18(16)12-14;7*1-2/h7*1-12H;7*1-2H3. The molecule has 0 saturated carbocycles. The molecule has 147 heavy (non-hydrogen) atoms. The van der Waals surface area contributed by atoms with Crippen molar-refractivity contribution >= 4 is 192 Å². The highest BCUT2D eigenvalue weighted by atomic mass is 32.1. The van der Waals surface area contributed by atoms with Crippen molar-refractivity contribution in [3.8, 4) is 77.9 Å². The molecule has 0 unspecified atom stereocenters. The van der Waals surface area contributed by atoms with Gasteiger partial charge in [0, 0.05) is 119 Å². The monoisotopic (exact) mass is 1980 g/mol. The maximum atomic E-state index is 6.04. The molecule has 0 aliphatic rings. The molecule has 0 atom stereocenters. The van der Waals surface area contributed by atoms with Gasteiger partial charge in [0.05, 0.1) is 0 Å². The number of para-hydroxylation sites is 4. The second kappa shape index (κ2) is 53.5. The molecule has 0 aliphatic heterocycles. The van der Waals surface area contributed by atoms with Gasteiger partial charge in [0.1, 0.15) is 33.5 Å². The van der Waals surface area contributed by atoms with Gasteiger partial charge in [-0.05, 0) is 163 Å². The van der Waals surface area contributed by atoms with Crippen molar-refractivity contribution in [1.82, 2.24) is 0 Å². The average Bonchev–Trinajstić information content (AvgIpc) is 1.62. The van der Waals surface area contributed by atoms with Gasteiger partial charge in [-0.15, -0.1) is 45.3 Å². The van der Waals surface area contributed by atoms with E-state index in [1.165, 1.54) is 185 Å². The van der Waals surface area contributed by atoms with Gasteiger partial charge in [-0.1, -0.05) is 516 Å². The summed E-state index contributed by atoms with van der Waals surface area (Å²) < 4.78 is 28.7. The molecule has 7 heterocycles. The molecule has 728 valence electrons. The van der Waals surface area contributed by atoms with E-state index in [0.29, 0.717) is 0 Å². The van der Waals surface area contributed by atoms with E-state index in [0.717, 1.165) is 39.1 Å². The second-order valence-corrected chi connectivity index (χ2v) is 36.9. The van der Waals surface area contributed by atoms with Gasteiger partial charge in [0.2, 0.25) is 0 Å². The minimum absolute atomic E-state index is 0.945. The topological polar surface area (TPSA) is 39.4 Å². The molecule has 7 heteroatoms. The van der Waals surface area contributed by atoms with Crippen molar-refractivity contribution in [1.29, 1.82) is 0 Å². The second-order valence-electron chi connectivity index (χ2n) is 32.6. The molecule has 0 spiro atoms. The molecule has 21 aromatic carbocycles. The SMILES string of the molecule is CC.CC.CC.CC.CC.CC.CC.c1ccc(-c2ccc3c(c2)oc2ccccc23)cc1.c1ccc(-c2ccc3c(c2)sc2ccccc23)cc1.c1ccc(-c2ccc3oc4ccccc4c3c2)cc1.c1ccc(-c2ccc3sc4ccccc4c3c2)cc1.c1ccc(-c2cccc3c2oc2ccccc23)cc1.c1ccc(-c2cccc3c2sc2ccccc23)cc1.c1ccc(-c2cccc3sc4ccccc4c23)cc1. The van der Waals surface area contributed by atoms with Crippen LogP contribution in [0, 0.1) is 0 Å². The Kier molecular flexibility index (Phi) is 38.3. The Morgan fingerprint density at radius 3 is 0.905 bits per heavy atom. The van der Waals surface area contributed by atoms with Crippen LogP contribution in [0.25, 0.3) is 224 Å². The van der Waals surface area contributed by atoms with E-state index in [-0.39, 0.29) is 0 Å². The number of hydrogen-bond donors (Lipinski definition) is 0. The van der Waals surface area contributed by atoms with Crippen LogP contribution in [0.4, 0.5) is 0 Å². The highest BCUT2D eigenvalue weighted by molar-refractivity contribution is 7.27. The van der Waals surface area contributed by atoms with Crippen molar-refractivity contribution in [2.75, 3.05) is 0 Å². The molecule has 0 bridgehead atoms. The number of fused-ring (bicyclic) bond motifs is 21. The largest absolute Gasteiger partial charge is 0.456 e. The predicted molar refractivity (Wildman–Crippen MR) is 656 cm³/mol. The van der Waals surface area contributed by atoms with Gasteiger partial charge in [-0.2, -0.15) is 0 Å². The van der Waals surface area contributed by atoms with E-state index in [1.807, 2.05) is 215 Å². The Morgan fingerprint density at radius 1 is 0.129 bits per heavy atom. The Hall–Kier alpha value is -16.1. The number of hydrogen-bond acceptors (Lipinski definition) is 7. The summed E-state index contributed by atoms with van der Waals surface area (Å²) in [6, 6.07) is 178. The molecule has 3 nitrogen and oxygen atoms in total. The summed E-state index contributed by atoms with van der Waals surface area (Å²) in [6.45, 7) is 28.0. The molecule has 0 saturated heterocycles. The molecule has 28 aromatic rings. The first kappa shape index (κ1) is 105. The third-order valence-corrected chi connectivity index (χ3v) is 29.0. The average molecular weight is 1980 g/mol. The van der Waals surface area contributed by atoms with Crippen LogP contribution < -0.4 is 0 Å². The van der Waals surface area contributed by atoms with E-state index in [4.69, 9.17) is 13.3 Å². The van der Waals surface area contributed by atoms with Crippen LogP contribution in [-0.2, 0) is 0 Å². The lowest BCUT2D eigenvalue weighted by Gasteiger charge is -2.04. The Morgan fingerprint density at radius 2 is 0.401 bits per heavy atom. The smallest absolute Gasteiger partial charge is 0.143 e. The van der Waals surface area contributed by atoms with Crippen molar-refractivity contribution < 1.29 is 13.3 Å². The maximum Gasteiger partial charge on any atom is 0.143 e. The Bertz CT molecular complexity index is 8440. The normalized spacial score (nSPS) is 10.4. The van der Waals surface area contributed by atoms with Crippen LogP contribution in [0.2, 0.25) is 0 Å². The number of benzene rings is 21. The van der Waals surface area contributed by atoms with Crippen LogP contribution in [0.1, 0.15) is 96.9 Å². The number of thiophene rings is 4. The van der Waals surface area contributed by atoms with Crippen molar-refractivity contribution in [2.24, 2.45) is 0 Å². The first-order chi connectivity index (χ1) is 73.0. The van der Waals surface area contributed by atoms with Crippen LogP contribution in [0.15, 0.2) is 523 Å². The third-order valence-electron chi connectivity index (χ3n) is 24.4. The summed E-state index contributed by atoms with van der Waals surface area (Å²) in [6.07, 6.45) is 0. The van der Waals surface area contributed by atoms with E-state index in [9.17, 15) is 0 Å². The molecule has 28 rings (SSSR count). The summed E-state index contributed by atoms with van der Waals surface area (Å²) in [7, 11) is 0. The van der Waals surface area contributed by atoms with E-state index >= 15 is 0 Å². The van der Waals surface area contributed by atoms with Gasteiger partial charge < -0.3 is 13.3 Å². The Balaban J connectivity index is 0.000000126. The van der Waals surface area contributed by atoms with Gasteiger partial charge in [0.25, 0.3) is 0 Å². The lowest BCUT2D eigenvalue weighted by Crippen LogP contribution is -1.78. The van der Waals surface area contributed by atoms with Crippen molar-refractivity contribution in [2.45, 2.75) is 96.9 Å². The van der Waals surface area contributed by atoms with Crippen LogP contribution in [-0.4, -0.2) is 0 Å². The lowest BCUT2D eigenvalue weighted by atomic mass is 10.00. The molecule has 0 aliphatic carbocycles. The molecule has 0 N–H and O–H groups in total. The van der Waals surface area contributed by atoms with Gasteiger partial charge in [-0.25, -0.2) is 0 Å². The molecule has 0 radical (unpaired) electrons. The molecular formula is C140H126O3S4. The summed E-state index contributed by atoms with van der Waals surface area (Å²) in [5.74, 6) is 0. The summed E-state index contributed by atoms with van der Waals surface area (Å²) in [5.41, 5.74) is 23.3. The van der Waals surface area contributed by atoms with Gasteiger partial charge >= 0.3 is 0 Å². The Labute approximate surface area is 882 Å². The van der Waals surface area contributed by atoms with E-state index in [1.54, 1.807) is 0 Å². The fourth-order valence-corrected chi connectivity index (χ4v) is 22.6. The minimum atomic E-state index is 0.945.